The summed E-state index contributed by atoms with van der Waals surface area (Å²) in [6, 6.07) is 0.534. The zero-order valence-corrected chi connectivity index (χ0v) is 12.7. The summed E-state index contributed by atoms with van der Waals surface area (Å²) < 4.78 is 5.40. The Balaban J connectivity index is 2.34. The topological polar surface area (TPSA) is 34.1 Å². The van der Waals surface area contributed by atoms with E-state index in [2.05, 4.69) is 29.5 Å². The molecule has 18 heavy (non-hydrogen) atoms. The highest BCUT2D eigenvalue weighted by atomic mass is 32.1. The molecule has 1 rings (SSSR count). The van der Waals surface area contributed by atoms with Gasteiger partial charge in [0.1, 0.15) is 0 Å². The van der Waals surface area contributed by atoms with E-state index < -0.39 is 0 Å². The fourth-order valence-corrected chi connectivity index (χ4v) is 2.58. The van der Waals surface area contributed by atoms with E-state index in [4.69, 9.17) is 4.74 Å². The van der Waals surface area contributed by atoms with Crippen LogP contribution in [0.3, 0.4) is 0 Å². The molecule has 1 aromatic heterocycles. The lowest BCUT2D eigenvalue weighted by molar-refractivity contribution is 0.140. The molecule has 3 nitrogen and oxygen atoms in total. The van der Waals surface area contributed by atoms with Crippen LogP contribution in [0.25, 0.3) is 0 Å². The van der Waals surface area contributed by atoms with E-state index in [1.165, 1.54) is 12.1 Å². The molecule has 0 saturated heterocycles. The van der Waals surface area contributed by atoms with Crippen molar-refractivity contribution < 1.29 is 4.74 Å². The van der Waals surface area contributed by atoms with Crippen LogP contribution < -0.4 is 5.32 Å². The predicted molar refractivity (Wildman–Crippen MR) is 78.4 cm³/mol. The Labute approximate surface area is 115 Å². The summed E-state index contributed by atoms with van der Waals surface area (Å²) in [5.74, 6) is 0. The number of nitrogens with one attached hydrogen (secondary N) is 1. The lowest BCUT2D eigenvalue weighted by Crippen LogP contribution is -2.32. The maximum Gasteiger partial charge on any atom is 0.0897 e. The lowest BCUT2D eigenvalue weighted by atomic mass is 10.1. The highest BCUT2D eigenvalue weighted by Crippen LogP contribution is 2.12. The molecule has 0 radical (unpaired) electrons. The predicted octanol–water partition coefficient (Wildman–Crippen LogP) is 3.18. The summed E-state index contributed by atoms with van der Waals surface area (Å²) in [5.41, 5.74) is 1.22. The fraction of sp³-hybridized carbons (Fsp3) is 0.786. The van der Waals surface area contributed by atoms with E-state index in [1.54, 1.807) is 11.3 Å². The molecular weight excluding hydrogens is 244 g/mol. The van der Waals surface area contributed by atoms with Gasteiger partial charge in [-0.15, -0.1) is 11.3 Å². The Morgan fingerprint density at radius 1 is 1.44 bits per heavy atom. The van der Waals surface area contributed by atoms with Gasteiger partial charge in [-0.25, -0.2) is 4.98 Å². The molecule has 1 atom stereocenters. The minimum atomic E-state index is 0.534. The van der Waals surface area contributed by atoms with Crippen LogP contribution in [0.15, 0.2) is 5.38 Å². The Morgan fingerprint density at radius 2 is 2.28 bits per heavy atom. The smallest absolute Gasteiger partial charge is 0.0897 e. The van der Waals surface area contributed by atoms with Gasteiger partial charge in [0.25, 0.3) is 0 Å². The summed E-state index contributed by atoms with van der Waals surface area (Å²) in [4.78, 5) is 4.55. The number of nitrogens with zero attached hydrogens (tertiary/aromatic N) is 1. The first kappa shape index (κ1) is 15.6. The van der Waals surface area contributed by atoms with Crippen LogP contribution in [0.4, 0.5) is 0 Å². The van der Waals surface area contributed by atoms with Gasteiger partial charge in [-0.2, -0.15) is 0 Å². The van der Waals surface area contributed by atoms with E-state index in [9.17, 15) is 0 Å². The van der Waals surface area contributed by atoms with Crippen LogP contribution in [0, 0.1) is 6.92 Å². The highest BCUT2D eigenvalue weighted by Gasteiger charge is 2.10. The number of thiazole rings is 1. The zero-order chi connectivity index (χ0) is 13.2. The SMILES string of the molecule is CCCNC(CCCOCC)Cc1csc(C)n1. The van der Waals surface area contributed by atoms with Crippen molar-refractivity contribution in [3.05, 3.63) is 16.1 Å². The molecule has 4 heteroatoms. The lowest BCUT2D eigenvalue weighted by Gasteiger charge is -2.17. The standard InChI is InChI=1S/C14H26N2OS/c1-4-8-15-13(7-6-9-17-5-2)10-14-11-18-12(3)16-14/h11,13,15H,4-10H2,1-3H3. The van der Waals surface area contributed by atoms with Gasteiger partial charge in [-0.05, 0) is 39.7 Å². The van der Waals surface area contributed by atoms with Gasteiger partial charge in [0, 0.05) is 31.1 Å². The average Bonchev–Trinajstić information content (AvgIpc) is 2.77. The van der Waals surface area contributed by atoms with Gasteiger partial charge in [0.05, 0.1) is 10.7 Å². The van der Waals surface area contributed by atoms with Crippen LogP contribution in [0.1, 0.15) is 43.8 Å². The normalized spacial score (nSPS) is 12.8. The third-order valence-electron chi connectivity index (χ3n) is 2.85. The molecule has 0 spiro atoms. The quantitative estimate of drug-likeness (QED) is 0.663. The van der Waals surface area contributed by atoms with Crippen LogP contribution >= 0.6 is 11.3 Å². The molecule has 0 aliphatic carbocycles. The Hall–Kier alpha value is -0.450. The number of aryl methyl sites for hydroxylation is 1. The van der Waals surface area contributed by atoms with Crippen LogP contribution in [0.2, 0.25) is 0 Å². The van der Waals surface area contributed by atoms with E-state index in [-0.39, 0.29) is 0 Å². The molecule has 1 aromatic rings. The van der Waals surface area contributed by atoms with Crippen molar-refractivity contribution in [1.29, 1.82) is 0 Å². The third-order valence-corrected chi connectivity index (χ3v) is 3.67. The van der Waals surface area contributed by atoms with Crippen molar-refractivity contribution in [3.8, 4) is 0 Å². The first-order valence-electron chi connectivity index (χ1n) is 6.98. The minimum absolute atomic E-state index is 0.534. The number of hydrogen-bond donors (Lipinski definition) is 1. The van der Waals surface area contributed by atoms with Crippen molar-refractivity contribution in [2.24, 2.45) is 0 Å². The maximum atomic E-state index is 5.40. The maximum absolute atomic E-state index is 5.40. The first-order valence-corrected chi connectivity index (χ1v) is 7.86. The Morgan fingerprint density at radius 3 is 2.89 bits per heavy atom. The highest BCUT2D eigenvalue weighted by molar-refractivity contribution is 7.09. The molecular formula is C14H26N2OS. The second-order valence-corrected chi connectivity index (χ2v) is 5.61. The van der Waals surface area contributed by atoms with Crippen molar-refractivity contribution >= 4 is 11.3 Å². The van der Waals surface area contributed by atoms with Crippen molar-refractivity contribution in [1.82, 2.24) is 10.3 Å². The third kappa shape index (κ3) is 6.47. The minimum Gasteiger partial charge on any atom is -0.382 e. The van der Waals surface area contributed by atoms with Gasteiger partial charge in [0.15, 0.2) is 0 Å². The first-order chi connectivity index (χ1) is 8.76. The second-order valence-electron chi connectivity index (χ2n) is 4.55. The number of ether oxygens (including phenoxy) is 1. The average molecular weight is 270 g/mol. The van der Waals surface area contributed by atoms with Crippen molar-refractivity contribution in [2.45, 2.75) is 52.5 Å². The summed E-state index contributed by atoms with van der Waals surface area (Å²) >= 11 is 1.74. The molecule has 0 aliphatic heterocycles. The summed E-state index contributed by atoms with van der Waals surface area (Å²) in [6.07, 6.45) is 4.50. The zero-order valence-electron chi connectivity index (χ0n) is 11.9. The summed E-state index contributed by atoms with van der Waals surface area (Å²) in [6.45, 7) is 9.09. The molecule has 0 saturated carbocycles. The Bertz CT molecular complexity index is 314. The summed E-state index contributed by atoms with van der Waals surface area (Å²) in [5, 5.41) is 6.95. The van der Waals surface area contributed by atoms with Gasteiger partial charge >= 0.3 is 0 Å². The number of hydrogen-bond acceptors (Lipinski definition) is 4. The van der Waals surface area contributed by atoms with Crippen molar-refractivity contribution in [3.63, 3.8) is 0 Å². The van der Waals surface area contributed by atoms with E-state index in [0.717, 1.165) is 44.0 Å². The molecule has 0 aliphatic rings. The molecule has 0 fully saturated rings. The van der Waals surface area contributed by atoms with Gasteiger partial charge < -0.3 is 10.1 Å². The summed E-state index contributed by atoms with van der Waals surface area (Å²) in [7, 11) is 0. The van der Waals surface area contributed by atoms with E-state index in [0.29, 0.717) is 6.04 Å². The second kappa shape index (κ2) is 9.48. The molecule has 0 amide bonds. The van der Waals surface area contributed by atoms with Gasteiger partial charge in [-0.1, -0.05) is 6.92 Å². The molecule has 0 bridgehead atoms. The molecule has 104 valence electrons. The van der Waals surface area contributed by atoms with Crippen LogP contribution in [-0.2, 0) is 11.2 Å². The number of aromatic nitrogens is 1. The van der Waals surface area contributed by atoms with Crippen LogP contribution in [0.5, 0.6) is 0 Å². The van der Waals surface area contributed by atoms with Gasteiger partial charge in [-0.3, -0.25) is 0 Å². The fourth-order valence-electron chi connectivity index (χ4n) is 1.96. The molecule has 1 unspecified atom stereocenters. The molecule has 1 heterocycles. The largest absolute Gasteiger partial charge is 0.382 e. The molecule has 1 N–H and O–H groups in total. The van der Waals surface area contributed by atoms with Crippen molar-refractivity contribution in [2.75, 3.05) is 19.8 Å². The van der Waals surface area contributed by atoms with E-state index in [1.807, 2.05) is 6.92 Å². The monoisotopic (exact) mass is 270 g/mol. The molecule has 0 aromatic carbocycles. The van der Waals surface area contributed by atoms with Gasteiger partial charge in [0.2, 0.25) is 0 Å². The number of rotatable bonds is 10. The van der Waals surface area contributed by atoms with Crippen LogP contribution in [-0.4, -0.2) is 30.8 Å². The Kier molecular flexibility index (Phi) is 8.22. The van der Waals surface area contributed by atoms with E-state index >= 15 is 0 Å².